The molecule has 1 aromatic carbocycles. The predicted molar refractivity (Wildman–Crippen MR) is 47.3 cm³/mol. The minimum Gasteiger partial charge on any atom is -0.486 e. The minimum absolute atomic E-state index is 0.114. The zero-order valence-electron chi connectivity index (χ0n) is 6.62. The molecule has 1 aromatic rings. The van der Waals surface area contributed by atoms with Crippen molar-refractivity contribution in [1.29, 1.82) is 0 Å². The fourth-order valence-electron chi connectivity index (χ4n) is 1.38. The van der Waals surface area contributed by atoms with Crippen LogP contribution < -0.4 is 4.74 Å². The van der Waals surface area contributed by atoms with E-state index in [1.165, 1.54) is 6.07 Å². The Bertz CT molecular complexity index is 378. The third kappa shape index (κ3) is 1.23. The van der Waals surface area contributed by atoms with E-state index in [0.717, 1.165) is 5.56 Å². The van der Waals surface area contributed by atoms with Gasteiger partial charge in [-0.15, -0.1) is 0 Å². The molecule has 1 aliphatic heterocycles. The van der Waals surface area contributed by atoms with Crippen LogP contribution in [0.1, 0.15) is 5.56 Å². The van der Waals surface area contributed by atoms with Crippen LogP contribution in [0.3, 0.4) is 0 Å². The number of nitrogens with zero attached hydrogens (tertiary/aromatic N) is 1. The second kappa shape index (κ2) is 2.88. The molecular formula is C8H6ClNO3. The Morgan fingerprint density at radius 3 is 3.00 bits per heavy atom. The van der Waals surface area contributed by atoms with Gasteiger partial charge in [-0.25, -0.2) is 0 Å². The van der Waals surface area contributed by atoms with Gasteiger partial charge in [-0.2, -0.15) is 0 Å². The zero-order chi connectivity index (χ0) is 9.42. The Hall–Kier alpha value is -1.29. The van der Waals surface area contributed by atoms with E-state index in [9.17, 15) is 10.1 Å². The predicted octanol–water partition coefficient (Wildman–Crippen LogP) is 2.18. The van der Waals surface area contributed by atoms with Crippen molar-refractivity contribution in [3.05, 3.63) is 32.8 Å². The van der Waals surface area contributed by atoms with Crippen LogP contribution in [0.2, 0.25) is 5.02 Å². The number of ether oxygens (including phenoxy) is 1. The first-order valence-corrected chi connectivity index (χ1v) is 4.16. The molecule has 0 aliphatic carbocycles. The van der Waals surface area contributed by atoms with Crippen LogP contribution in [0.5, 0.6) is 5.75 Å². The monoisotopic (exact) mass is 199 g/mol. The Morgan fingerprint density at radius 2 is 2.31 bits per heavy atom. The lowest BCUT2D eigenvalue weighted by Gasteiger charge is -2.01. The maximum absolute atomic E-state index is 10.6. The first-order valence-electron chi connectivity index (χ1n) is 3.78. The summed E-state index contributed by atoms with van der Waals surface area (Å²) in [5.74, 6) is 0.331. The summed E-state index contributed by atoms with van der Waals surface area (Å²) in [5, 5.41) is 10.8. The molecule has 1 heterocycles. The molecule has 1 aliphatic rings. The van der Waals surface area contributed by atoms with Gasteiger partial charge in [0, 0.05) is 12.0 Å². The van der Waals surface area contributed by atoms with Gasteiger partial charge in [0.1, 0.15) is 5.02 Å². The number of halogens is 1. The van der Waals surface area contributed by atoms with Gasteiger partial charge >= 0.3 is 5.69 Å². The van der Waals surface area contributed by atoms with Crippen LogP contribution >= 0.6 is 11.6 Å². The molecule has 0 aromatic heterocycles. The fourth-order valence-corrected chi connectivity index (χ4v) is 1.60. The van der Waals surface area contributed by atoms with Crippen LogP contribution in [0.15, 0.2) is 12.1 Å². The maximum Gasteiger partial charge on any atom is 0.329 e. The first kappa shape index (κ1) is 8.31. The molecule has 0 amide bonds. The lowest BCUT2D eigenvalue weighted by molar-refractivity contribution is -0.385. The summed E-state index contributed by atoms with van der Waals surface area (Å²) >= 11 is 5.68. The molecule has 0 bridgehead atoms. The van der Waals surface area contributed by atoms with E-state index < -0.39 is 4.92 Å². The van der Waals surface area contributed by atoms with E-state index in [1.807, 2.05) is 0 Å². The molecule has 0 N–H and O–H groups in total. The van der Waals surface area contributed by atoms with Gasteiger partial charge in [-0.05, 0) is 6.07 Å². The molecule has 0 spiro atoms. The Kier molecular flexibility index (Phi) is 1.84. The van der Waals surface area contributed by atoms with E-state index in [-0.39, 0.29) is 10.7 Å². The Balaban J connectivity index is 2.65. The molecule has 68 valence electrons. The smallest absolute Gasteiger partial charge is 0.329 e. The normalized spacial score (nSPS) is 13.6. The molecule has 0 atom stereocenters. The van der Waals surface area contributed by atoms with Crippen molar-refractivity contribution in [3.63, 3.8) is 0 Å². The highest BCUT2D eigenvalue weighted by atomic mass is 35.5. The summed E-state index contributed by atoms with van der Waals surface area (Å²) in [7, 11) is 0. The van der Waals surface area contributed by atoms with Crippen LogP contribution in [0, 0.1) is 10.1 Å². The van der Waals surface area contributed by atoms with Crippen LogP contribution in [0.4, 0.5) is 5.69 Å². The summed E-state index contributed by atoms with van der Waals surface area (Å²) in [6, 6.07) is 3.30. The maximum atomic E-state index is 10.6. The summed E-state index contributed by atoms with van der Waals surface area (Å²) in [6.07, 6.45) is 0.716. The number of nitro benzene ring substituents is 1. The van der Waals surface area contributed by atoms with Gasteiger partial charge < -0.3 is 4.74 Å². The van der Waals surface area contributed by atoms with Crippen molar-refractivity contribution in [2.24, 2.45) is 0 Å². The number of hydrogen-bond acceptors (Lipinski definition) is 3. The molecule has 0 saturated carbocycles. The van der Waals surface area contributed by atoms with Gasteiger partial charge in [0.15, 0.2) is 0 Å². The standard InChI is InChI=1S/C8H6ClNO3/c9-6-2-1-5-3-4-13-8(5)7(6)10(11)12/h1-2H,3-4H2. The van der Waals surface area contributed by atoms with E-state index in [0.29, 0.717) is 18.8 Å². The average molecular weight is 200 g/mol. The van der Waals surface area contributed by atoms with Crippen LogP contribution in [-0.2, 0) is 6.42 Å². The Labute approximate surface area is 79.2 Å². The lowest BCUT2D eigenvalue weighted by atomic mass is 10.1. The topological polar surface area (TPSA) is 52.4 Å². The summed E-state index contributed by atoms with van der Waals surface area (Å²) in [4.78, 5) is 10.1. The van der Waals surface area contributed by atoms with Crippen molar-refractivity contribution in [1.82, 2.24) is 0 Å². The summed E-state index contributed by atoms with van der Waals surface area (Å²) < 4.78 is 5.15. The molecule has 2 rings (SSSR count). The molecule has 13 heavy (non-hydrogen) atoms. The molecule has 0 fully saturated rings. The molecule has 4 nitrogen and oxygen atoms in total. The van der Waals surface area contributed by atoms with Gasteiger partial charge in [-0.3, -0.25) is 10.1 Å². The number of benzene rings is 1. The average Bonchev–Trinajstić information content (AvgIpc) is 2.50. The van der Waals surface area contributed by atoms with E-state index in [1.54, 1.807) is 6.07 Å². The third-order valence-electron chi connectivity index (χ3n) is 1.96. The molecular weight excluding hydrogens is 194 g/mol. The number of rotatable bonds is 1. The van der Waals surface area contributed by atoms with Crippen molar-refractivity contribution in [3.8, 4) is 5.75 Å². The van der Waals surface area contributed by atoms with E-state index >= 15 is 0 Å². The molecule has 0 radical (unpaired) electrons. The van der Waals surface area contributed by atoms with Gasteiger partial charge in [0.05, 0.1) is 11.5 Å². The van der Waals surface area contributed by atoms with Crippen molar-refractivity contribution >= 4 is 17.3 Å². The fraction of sp³-hybridized carbons (Fsp3) is 0.250. The lowest BCUT2D eigenvalue weighted by Crippen LogP contribution is -1.94. The van der Waals surface area contributed by atoms with Gasteiger partial charge in [-0.1, -0.05) is 17.7 Å². The summed E-state index contributed by atoms with van der Waals surface area (Å²) in [5.41, 5.74) is 0.743. The van der Waals surface area contributed by atoms with Crippen LogP contribution in [0.25, 0.3) is 0 Å². The minimum atomic E-state index is -0.507. The largest absolute Gasteiger partial charge is 0.486 e. The van der Waals surface area contributed by atoms with Gasteiger partial charge in [0.25, 0.3) is 0 Å². The zero-order valence-corrected chi connectivity index (χ0v) is 7.37. The Morgan fingerprint density at radius 1 is 1.54 bits per heavy atom. The summed E-state index contributed by atoms with van der Waals surface area (Å²) in [6.45, 7) is 0.497. The first-order chi connectivity index (χ1) is 6.20. The second-order valence-electron chi connectivity index (χ2n) is 2.74. The van der Waals surface area contributed by atoms with Crippen molar-refractivity contribution < 1.29 is 9.66 Å². The number of fused-ring (bicyclic) bond motifs is 1. The molecule has 5 heteroatoms. The highest BCUT2D eigenvalue weighted by Crippen LogP contribution is 2.40. The molecule has 0 saturated heterocycles. The van der Waals surface area contributed by atoms with E-state index in [4.69, 9.17) is 16.3 Å². The van der Waals surface area contributed by atoms with Crippen molar-refractivity contribution in [2.75, 3.05) is 6.61 Å². The van der Waals surface area contributed by atoms with E-state index in [2.05, 4.69) is 0 Å². The highest BCUT2D eigenvalue weighted by Gasteiger charge is 2.26. The van der Waals surface area contributed by atoms with Crippen LogP contribution in [-0.4, -0.2) is 11.5 Å². The quantitative estimate of drug-likeness (QED) is 0.515. The number of nitro groups is 1. The second-order valence-corrected chi connectivity index (χ2v) is 3.15. The third-order valence-corrected chi connectivity index (χ3v) is 2.27. The number of hydrogen-bond donors (Lipinski definition) is 0. The highest BCUT2D eigenvalue weighted by molar-refractivity contribution is 6.33. The van der Waals surface area contributed by atoms with Gasteiger partial charge in [0.2, 0.25) is 5.75 Å². The van der Waals surface area contributed by atoms with Crippen molar-refractivity contribution in [2.45, 2.75) is 6.42 Å². The SMILES string of the molecule is O=[N+]([O-])c1c(Cl)ccc2c1OCC2. The molecule has 0 unspecified atom stereocenters.